The minimum absolute atomic E-state index is 0.0412. The van der Waals surface area contributed by atoms with Gasteiger partial charge in [-0.3, -0.25) is 9.79 Å². The molecule has 0 saturated carbocycles. The van der Waals surface area contributed by atoms with E-state index in [-0.39, 0.29) is 12.5 Å². The second-order valence-corrected chi connectivity index (χ2v) is 5.35. The lowest BCUT2D eigenvalue weighted by molar-refractivity contribution is -0.112. The quantitative estimate of drug-likeness (QED) is 0.432. The first-order chi connectivity index (χ1) is 11.0. The number of hydrogen-bond donors (Lipinski definition) is 1. The molecule has 0 atom stereocenters. The van der Waals surface area contributed by atoms with Crippen LogP contribution in [0.3, 0.4) is 0 Å². The summed E-state index contributed by atoms with van der Waals surface area (Å²) in [7, 11) is 0. The highest BCUT2D eigenvalue weighted by Gasteiger charge is 2.12. The predicted molar refractivity (Wildman–Crippen MR) is 93.2 cm³/mol. The van der Waals surface area contributed by atoms with Crippen LogP contribution in [0.15, 0.2) is 28.3 Å². The molecule has 0 spiro atoms. The molecular weight excluding hydrogens is 292 g/mol. The van der Waals surface area contributed by atoms with Crippen molar-refractivity contribution in [3.8, 4) is 0 Å². The van der Waals surface area contributed by atoms with Gasteiger partial charge >= 0.3 is 0 Å². The van der Waals surface area contributed by atoms with Crippen molar-refractivity contribution in [2.24, 2.45) is 10.1 Å². The van der Waals surface area contributed by atoms with Crippen molar-refractivity contribution in [2.75, 3.05) is 13.3 Å². The summed E-state index contributed by atoms with van der Waals surface area (Å²) in [6, 6.07) is 5.98. The van der Waals surface area contributed by atoms with Gasteiger partial charge in [-0.15, -0.1) is 0 Å². The number of rotatable bonds is 9. The lowest BCUT2D eigenvalue weighted by atomic mass is 9.96. The molecule has 1 aromatic rings. The molecule has 0 aliphatic carbocycles. The van der Waals surface area contributed by atoms with Crippen molar-refractivity contribution in [2.45, 2.75) is 47.0 Å². The SMILES string of the molecule is CCCO/N=C(\C)c1ccc(C)c(CC(=NCO)C(=O)CC)c1. The van der Waals surface area contributed by atoms with Gasteiger partial charge in [-0.1, -0.05) is 31.1 Å². The minimum Gasteiger partial charge on any atom is -0.396 e. The van der Waals surface area contributed by atoms with Crippen LogP contribution in [0, 0.1) is 6.92 Å². The molecule has 0 aromatic heterocycles. The molecule has 0 heterocycles. The zero-order valence-electron chi connectivity index (χ0n) is 14.4. The monoisotopic (exact) mass is 318 g/mol. The Balaban J connectivity index is 3.03. The molecule has 1 aromatic carbocycles. The molecule has 0 saturated heterocycles. The number of aliphatic hydroxyl groups excluding tert-OH is 1. The van der Waals surface area contributed by atoms with Crippen LogP contribution in [0.4, 0.5) is 0 Å². The van der Waals surface area contributed by atoms with Gasteiger partial charge in [0.2, 0.25) is 0 Å². The summed E-state index contributed by atoms with van der Waals surface area (Å²) in [5, 5.41) is 13.1. The summed E-state index contributed by atoms with van der Waals surface area (Å²) in [5.41, 5.74) is 4.23. The number of carbonyl (C=O) groups is 1. The van der Waals surface area contributed by atoms with Crippen LogP contribution in [0.2, 0.25) is 0 Å². The molecule has 126 valence electrons. The number of ketones is 1. The van der Waals surface area contributed by atoms with Crippen LogP contribution >= 0.6 is 0 Å². The highest BCUT2D eigenvalue weighted by molar-refractivity contribution is 6.40. The topological polar surface area (TPSA) is 71.2 Å². The Hall–Kier alpha value is -2.01. The van der Waals surface area contributed by atoms with E-state index in [2.05, 4.69) is 10.1 Å². The third-order valence-corrected chi connectivity index (χ3v) is 3.53. The molecule has 1 N–H and O–H groups in total. The maximum atomic E-state index is 11.9. The molecule has 0 fully saturated rings. The van der Waals surface area contributed by atoms with Crippen molar-refractivity contribution in [1.82, 2.24) is 0 Å². The number of aryl methyl sites for hydroxylation is 1. The van der Waals surface area contributed by atoms with Crippen LogP contribution < -0.4 is 0 Å². The van der Waals surface area contributed by atoms with Crippen molar-refractivity contribution < 1.29 is 14.7 Å². The van der Waals surface area contributed by atoms with Crippen LogP contribution in [-0.2, 0) is 16.1 Å². The fraction of sp³-hybridized carbons (Fsp3) is 0.500. The third-order valence-electron chi connectivity index (χ3n) is 3.53. The van der Waals surface area contributed by atoms with Gasteiger partial charge in [-0.25, -0.2) is 0 Å². The summed E-state index contributed by atoms with van der Waals surface area (Å²) in [4.78, 5) is 21.1. The van der Waals surface area contributed by atoms with E-state index in [9.17, 15) is 4.79 Å². The van der Waals surface area contributed by atoms with Gasteiger partial charge in [0.1, 0.15) is 13.3 Å². The maximum absolute atomic E-state index is 11.9. The Morgan fingerprint density at radius 1 is 1.30 bits per heavy atom. The predicted octanol–water partition coefficient (Wildman–Crippen LogP) is 3.06. The summed E-state index contributed by atoms with van der Waals surface area (Å²) < 4.78 is 0. The van der Waals surface area contributed by atoms with Gasteiger partial charge in [0.05, 0.1) is 11.4 Å². The van der Waals surface area contributed by atoms with Crippen LogP contribution in [0.25, 0.3) is 0 Å². The third kappa shape index (κ3) is 5.94. The number of oxime groups is 1. The molecular formula is C18H26N2O3. The molecule has 5 heteroatoms. The van der Waals surface area contributed by atoms with E-state index in [1.165, 1.54) is 0 Å². The lowest BCUT2D eigenvalue weighted by Gasteiger charge is -2.10. The number of aliphatic imine (C=N–C) groups is 1. The largest absolute Gasteiger partial charge is 0.396 e. The van der Waals surface area contributed by atoms with E-state index in [0.717, 1.165) is 28.8 Å². The molecule has 0 unspecified atom stereocenters. The van der Waals surface area contributed by atoms with E-state index in [1.54, 1.807) is 6.92 Å². The Morgan fingerprint density at radius 2 is 2.04 bits per heavy atom. The Labute approximate surface area is 138 Å². The highest BCUT2D eigenvalue weighted by atomic mass is 16.6. The summed E-state index contributed by atoms with van der Waals surface area (Å²) in [6.45, 7) is 7.93. The van der Waals surface area contributed by atoms with Gasteiger partial charge in [-0.2, -0.15) is 0 Å². The van der Waals surface area contributed by atoms with Gasteiger partial charge in [-0.05, 0) is 43.0 Å². The molecule has 0 amide bonds. The Bertz CT molecular complexity index is 592. The number of nitrogens with zero attached hydrogens (tertiary/aromatic N) is 2. The number of carbonyl (C=O) groups excluding carboxylic acids is 1. The standard InChI is InChI=1S/C18H26N2O3/c1-5-9-23-20-14(4)15-8-7-13(3)16(10-15)11-17(19-12-21)18(22)6-2/h7-8,10,21H,5-6,9,11-12H2,1-4H3/b19-17?,20-14+. The average molecular weight is 318 g/mol. The fourth-order valence-electron chi connectivity index (χ4n) is 2.09. The van der Waals surface area contributed by atoms with Crippen molar-refractivity contribution >= 4 is 17.2 Å². The average Bonchev–Trinajstić information content (AvgIpc) is 2.55. The van der Waals surface area contributed by atoms with E-state index < -0.39 is 0 Å². The molecule has 5 nitrogen and oxygen atoms in total. The van der Waals surface area contributed by atoms with Crippen molar-refractivity contribution in [3.05, 3.63) is 34.9 Å². The lowest BCUT2D eigenvalue weighted by Crippen LogP contribution is -2.17. The molecule has 0 radical (unpaired) electrons. The molecule has 0 aliphatic heterocycles. The van der Waals surface area contributed by atoms with Gasteiger partial charge in [0.15, 0.2) is 5.78 Å². The van der Waals surface area contributed by atoms with E-state index in [4.69, 9.17) is 9.94 Å². The summed E-state index contributed by atoms with van der Waals surface area (Å²) in [5.74, 6) is -0.0412. The smallest absolute Gasteiger partial charge is 0.176 e. The van der Waals surface area contributed by atoms with E-state index in [0.29, 0.717) is 25.2 Å². The highest BCUT2D eigenvalue weighted by Crippen LogP contribution is 2.14. The molecule has 0 bridgehead atoms. The molecule has 23 heavy (non-hydrogen) atoms. The molecule has 0 aliphatic rings. The van der Waals surface area contributed by atoms with Gasteiger partial charge < -0.3 is 9.94 Å². The number of aliphatic hydroxyl groups is 1. The summed E-state index contributed by atoms with van der Waals surface area (Å²) >= 11 is 0. The van der Waals surface area contributed by atoms with Crippen molar-refractivity contribution in [3.63, 3.8) is 0 Å². The minimum atomic E-state index is -0.370. The van der Waals surface area contributed by atoms with Crippen LogP contribution in [-0.4, -0.2) is 35.7 Å². The zero-order valence-corrected chi connectivity index (χ0v) is 14.4. The first kappa shape index (κ1) is 19.0. The second-order valence-electron chi connectivity index (χ2n) is 5.35. The van der Waals surface area contributed by atoms with Gasteiger partial charge in [0.25, 0.3) is 0 Å². The Kier molecular flexibility index (Phi) is 8.19. The second kappa shape index (κ2) is 9.90. The number of Topliss-reactive ketones (excluding diaryl/α,β-unsaturated/α-hetero) is 1. The van der Waals surface area contributed by atoms with E-state index in [1.807, 2.05) is 39.0 Å². The maximum Gasteiger partial charge on any atom is 0.176 e. The van der Waals surface area contributed by atoms with Crippen LogP contribution in [0.5, 0.6) is 0 Å². The number of hydrogen-bond acceptors (Lipinski definition) is 5. The van der Waals surface area contributed by atoms with Crippen LogP contribution in [0.1, 0.15) is 50.3 Å². The first-order valence-electron chi connectivity index (χ1n) is 7.97. The zero-order chi connectivity index (χ0) is 17.2. The van der Waals surface area contributed by atoms with Crippen molar-refractivity contribution in [1.29, 1.82) is 0 Å². The Morgan fingerprint density at radius 3 is 2.65 bits per heavy atom. The first-order valence-corrected chi connectivity index (χ1v) is 7.97. The van der Waals surface area contributed by atoms with E-state index >= 15 is 0 Å². The van der Waals surface area contributed by atoms with Gasteiger partial charge in [0, 0.05) is 12.8 Å². The molecule has 1 rings (SSSR count). The number of benzene rings is 1. The summed E-state index contributed by atoms with van der Waals surface area (Å²) in [6.07, 6.45) is 1.70. The fourth-order valence-corrected chi connectivity index (χ4v) is 2.09. The normalized spacial score (nSPS) is 12.4.